The first-order valence-corrected chi connectivity index (χ1v) is 8.41. The normalized spacial score (nSPS) is 11.7. The lowest BCUT2D eigenvalue weighted by molar-refractivity contribution is -0.123. The quantitative estimate of drug-likeness (QED) is 0.758. The predicted molar refractivity (Wildman–Crippen MR) is 85.5 cm³/mol. The molecule has 1 aromatic rings. The van der Waals surface area contributed by atoms with E-state index in [1.54, 1.807) is 39.0 Å². The number of urea groups is 1. The molecule has 0 aliphatic rings. The van der Waals surface area contributed by atoms with Crippen molar-refractivity contribution in [2.24, 2.45) is 0 Å². The summed E-state index contributed by atoms with van der Waals surface area (Å²) in [5, 5.41) is 4.51. The molecule has 0 unspecified atom stereocenters. The van der Waals surface area contributed by atoms with Gasteiger partial charge in [-0.1, -0.05) is 19.1 Å². The molecular weight excluding hydrogens is 320 g/mol. The zero-order valence-corrected chi connectivity index (χ0v) is 14.1. The number of rotatable bonds is 6. The van der Waals surface area contributed by atoms with Crippen LogP contribution in [0.5, 0.6) is 0 Å². The van der Waals surface area contributed by atoms with Gasteiger partial charge in [0.2, 0.25) is 0 Å². The molecule has 0 fully saturated rings. The van der Waals surface area contributed by atoms with Gasteiger partial charge in [0.1, 0.15) is 0 Å². The van der Waals surface area contributed by atoms with Crippen LogP contribution in [-0.2, 0) is 20.3 Å². The van der Waals surface area contributed by atoms with Crippen molar-refractivity contribution in [2.45, 2.75) is 31.7 Å². The second-order valence-electron chi connectivity index (χ2n) is 4.88. The van der Waals surface area contributed by atoms with E-state index >= 15 is 0 Å². The molecule has 8 heteroatoms. The minimum absolute atomic E-state index is 0.124. The Kier molecular flexibility index (Phi) is 7.40. The summed E-state index contributed by atoms with van der Waals surface area (Å²) in [5.74, 6) is -1.15. The topological polar surface area (TPSA) is 102 Å². The van der Waals surface area contributed by atoms with Crippen molar-refractivity contribution in [3.05, 3.63) is 29.8 Å². The molecule has 0 spiro atoms. The molecule has 0 bridgehead atoms. The molecule has 0 radical (unpaired) electrons. The van der Waals surface area contributed by atoms with Crippen LogP contribution in [0.15, 0.2) is 29.2 Å². The van der Waals surface area contributed by atoms with Crippen LogP contribution < -0.4 is 10.6 Å². The average Bonchev–Trinajstić information content (AvgIpc) is 2.50. The van der Waals surface area contributed by atoms with Crippen LogP contribution in [0.1, 0.15) is 31.1 Å². The second-order valence-corrected chi connectivity index (χ2v) is 6.59. The monoisotopic (exact) mass is 340 g/mol. The van der Waals surface area contributed by atoms with Gasteiger partial charge in [-0.3, -0.25) is 14.3 Å². The smallest absolute Gasteiger partial charge is 0.339 e. The summed E-state index contributed by atoms with van der Waals surface area (Å²) in [7, 11) is -1.32. The Labute approximate surface area is 137 Å². The Morgan fingerprint density at radius 1 is 1.22 bits per heavy atom. The van der Waals surface area contributed by atoms with Crippen LogP contribution in [-0.4, -0.2) is 40.5 Å². The Morgan fingerprint density at radius 3 is 2.48 bits per heavy atom. The van der Waals surface area contributed by atoms with Crippen LogP contribution in [0.4, 0.5) is 4.79 Å². The highest BCUT2D eigenvalue weighted by atomic mass is 32.2. The van der Waals surface area contributed by atoms with E-state index in [1.807, 2.05) is 5.32 Å². The van der Waals surface area contributed by atoms with Crippen LogP contribution in [0, 0.1) is 0 Å². The van der Waals surface area contributed by atoms with Crippen LogP contribution in [0.2, 0.25) is 0 Å². The van der Waals surface area contributed by atoms with E-state index < -0.39 is 35.3 Å². The van der Waals surface area contributed by atoms with Gasteiger partial charge in [-0.05, 0) is 26.0 Å². The van der Waals surface area contributed by atoms with Gasteiger partial charge in [0.25, 0.3) is 5.91 Å². The first-order chi connectivity index (χ1) is 10.8. The van der Waals surface area contributed by atoms with E-state index in [-0.39, 0.29) is 11.6 Å². The van der Waals surface area contributed by atoms with Crippen molar-refractivity contribution in [1.82, 2.24) is 10.6 Å². The minimum Gasteiger partial charge on any atom is -0.452 e. The summed E-state index contributed by atoms with van der Waals surface area (Å²) < 4.78 is 16.8. The number of benzene rings is 1. The zero-order chi connectivity index (χ0) is 17.4. The maximum atomic E-state index is 12.0. The molecule has 1 aromatic carbocycles. The summed E-state index contributed by atoms with van der Waals surface area (Å²) in [5.41, 5.74) is 0.145. The molecule has 23 heavy (non-hydrogen) atoms. The first-order valence-electron chi connectivity index (χ1n) is 7.10. The third-order valence-electron chi connectivity index (χ3n) is 2.62. The van der Waals surface area contributed by atoms with E-state index in [4.69, 9.17) is 4.74 Å². The SMILES string of the molecule is CC[S@](=O)c1ccccc1C(=O)OCC(=O)NC(=O)NC(C)C. The maximum absolute atomic E-state index is 12.0. The number of esters is 1. The van der Waals surface area contributed by atoms with Crippen LogP contribution >= 0.6 is 0 Å². The lowest BCUT2D eigenvalue weighted by Gasteiger charge is -2.10. The molecule has 7 nitrogen and oxygen atoms in total. The molecule has 0 aliphatic carbocycles. The Morgan fingerprint density at radius 2 is 1.87 bits per heavy atom. The number of imide groups is 1. The van der Waals surface area contributed by atoms with Gasteiger partial charge in [-0.15, -0.1) is 0 Å². The van der Waals surface area contributed by atoms with Gasteiger partial charge in [0.15, 0.2) is 6.61 Å². The Hall–Kier alpha value is -2.22. The van der Waals surface area contributed by atoms with E-state index in [2.05, 4.69) is 5.32 Å². The molecule has 3 amide bonds. The lowest BCUT2D eigenvalue weighted by Crippen LogP contribution is -2.44. The van der Waals surface area contributed by atoms with Crippen molar-refractivity contribution >= 4 is 28.7 Å². The number of hydrogen-bond donors (Lipinski definition) is 2. The van der Waals surface area contributed by atoms with E-state index in [0.29, 0.717) is 10.6 Å². The third kappa shape index (κ3) is 6.19. The summed E-state index contributed by atoms with van der Waals surface area (Å²) in [6, 6.07) is 5.56. The molecule has 1 atom stereocenters. The maximum Gasteiger partial charge on any atom is 0.339 e. The summed E-state index contributed by atoms with van der Waals surface area (Å²) in [6.45, 7) is 4.63. The van der Waals surface area contributed by atoms with Crippen molar-refractivity contribution in [3.63, 3.8) is 0 Å². The van der Waals surface area contributed by atoms with Crippen molar-refractivity contribution in [2.75, 3.05) is 12.4 Å². The molecule has 1 rings (SSSR count). The van der Waals surface area contributed by atoms with Crippen molar-refractivity contribution in [1.29, 1.82) is 0 Å². The third-order valence-corrected chi connectivity index (χ3v) is 3.99. The van der Waals surface area contributed by atoms with Gasteiger partial charge < -0.3 is 10.1 Å². The van der Waals surface area contributed by atoms with Gasteiger partial charge in [0.05, 0.1) is 21.3 Å². The van der Waals surface area contributed by atoms with Crippen molar-refractivity contribution in [3.8, 4) is 0 Å². The molecule has 0 aromatic heterocycles. The summed E-state index contributed by atoms with van der Waals surface area (Å²) >= 11 is 0. The lowest BCUT2D eigenvalue weighted by atomic mass is 10.2. The standard InChI is InChI=1S/C15H20N2O5S/c1-4-23(21)12-8-6-5-7-11(12)14(19)22-9-13(18)17-15(20)16-10(2)3/h5-8,10H,4,9H2,1-3H3,(H2,16,17,18,20)/t23-/m0/s1. The second kappa shape index (κ2) is 9.04. The fourth-order valence-electron chi connectivity index (χ4n) is 1.66. The molecular formula is C15H20N2O5S. The predicted octanol–water partition coefficient (Wildman–Crippen LogP) is 1.21. The highest BCUT2D eigenvalue weighted by molar-refractivity contribution is 7.85. The van der Waals surface area contributed by atoms with Gasteiger partial charge in [-0.2, -0.15) is 0 Å². The fraction of sp³-hybridized carbons (Fsp3) is 0.400. The average molecular weight is 340 g/mol. The van der Waals surface area contributed by atoms with E-state index in [0.717, 1.165) is 0 Å². The summed E-state index contributed by atoms with van der Waals surface area (Å²) in [6.07, 6.45) is 0. The molecule has 0 heterocycles. The molecule has 0 saturated carbocycles. The van der Waals surface area contributed by atoms with E-state index in [9.17, 15) is 18.6 Å². The molecule has 126 valence electrons. The number of ether oxygens (including phenoxy) is 1. The number of carbonyl (C=O) groups excluding carboxylic acids is 3. The molecule has 2 N–H and O–H groups in total. The van der Waals surface area contributed by atoms with Gasteiger partial charge >= 0.3 is 12.0 Å². The Balaban J connectivity index is 2.62. The molecule has 0 saturated heterocycles. The zero-order valence-electron chi connectivity index (χ0n) is 13.3. The van der Waals surface area contributed by atoms with Crippen LogP contribution in [0.3, 0.4) is 0 Å². The van der Waals surface area contributed by atoms with Gasteiger partial charge in [0, 0.05) is 11.8 Å². The number of amides is 3. The Bertz CT molecular complexity index is 616. The summed E-state index contributed by atoms with van der Waals surface area (Å²) in [4.78, 5) is 35.2. The van der Waals surface area contributed by atoms with E-state index in [1.165, 1.54) is 6.07 Å². The van der Waals surface area contributed by atoms with Crippen molar-refractivity contribution < 1.29 is 23.3 Å². The first kappa shape index (κ1) is 18.8. The largest absolute Gasteiger partial charge is 0.452 e. The number of nitrogens with one attached hydrogen (secondary N) is 2. The number of carbonyl (C=O) groups is 3. The highest BCUT2D eigenvalue weighted by Gasteiger charge is 2.17. The van der Waals surface area contributed by atoms with Crippen LogP contribution in [0.25, 0.3) is 0 Å². The minimum atomic E-state index is -1.32. The number of hydrogen-bond acceptors (Lipinski definition) is 5. The van der Waals surface area contributed by atoms with Gasteiger partial charge in [-0.25, -0.2) is 9.59 Å². The fourth-order valence-corrected chi connectivity index (χ4v) is 2.60. The highest BCUT2D eigenvalue weighted by Crippen LogP contribution is 2.15. The molecule has 0 aliphatic heterocycles.